The molecule has 7 heteroatoms. The van der Waals surface area contributed by atoms with Gasteiger partial charge in [-0.1, -0.05) is 23.2 Å². The summed E-state index contributed by atoms with van der Waals surface area (Å²) in [6.45, 7) is 0. The molecule has 0 bridgehead atoms. The van der Waals surface area contributed by atoms with E-state index >= 15 is 0 Å². The van der Waals surface area contributed by atoms with E-state index in [2.05, 4.69) is 5.32 Å². The summed E-state index contributed by atoms with van der Waals surface area (Å²) in [6.07, 6.45) is -5.20. The average Bonchev–Trinajstić information content (AvgIpc) is 2.32. The molecule has 0 fully saturated rings. The van der Waals surface area contributed by atoms with Gasteiger partial charge >= 0.3 is 6.18 Å². The monoisotopic (exact) mass is 315 g/mol. The summed E-state index contributed by atoms with van der Waals surface area (Å²) >= 11 is 12.0. The summed E-state index contributed by atoms with van der Waals surface area (Å²) < 4.78 is 41.8. The fraction of sp³-hybridized carbons (Fsp3) is 0.500. The van der Waals surface area contributed by atoms with Crippen LogP contribution in [0.3, 0.4) is 0 Å². The highest BCUT2D eigenvalue weighted by atomic mass is 35.5. The molecule has 2 nitrogen and oxygen atoms in total. The SMILES string of the molecule is CNC(CCC(F)(F)F)c1cc(Cl)c(OC)cc1Cl. The highest BCUT2D eigenvalue weighted by molar-refractivity contribution is 6.34. The highest BCUT2D eigenvalue weighted by Gasteiger charge is 2.29. The first kappa shape index (κ1) is 16.4. The molecule has 1 aromatic carbocycles. The summed E-state index contributed by atoms with van der Waals surface area (Å²) in [7, 11) is 3.02. The molecular formula is C12H14Cl2F3NO. The molecule has 0 spiro atoms. The molecule has 0 aromatic heterocycles. The van der Waals surface area contributed by atoms with Crippen LogP contribution >= 0.6 is 23.2 Å². The molecule has 1 N–H and O–H groups in total. The number of halogens is 5. The smallest absolute Gasteiger partial charge is 0.389 e. The molecule has 0 radical (unpaired) electrons. The topological polar surface area (TPSA) is 21.3 Å². The van der Waals surface area contributed by atoms with Crippen molar-refractivity contribution in [3.05, 3.63) is 27.7 Å². The second-order valence-electron chi connectivity index (χ2n) is 4.00. The summed E-state index contributed by atoms with van der Waals surface area (Å²) in [5, 5.41) is 3.45. The molecule has 0 saturated heterocycles. The molecule has 1 unspecified atom stereocenters. The Morgan fingerprint density at radius 2 is 1.89 bits per heavy atom. The maximum Gasteiger partial charge on any atom is 0.389 e. The van der Waals surface area contributed by atoms with E-state index in [4.69, 9.17) is 27.9 Å². The Kier molecular flexibility index (Phi) is 5.77. The van der Waals surface area contributed by atoms with E-state index in [0.717, 1.165) is 0 Å². The standard InChI is InChI=1S/C12H14Cl2F3NO/c1-18-10(3-4-12(15,16)17)7-5-9(14)11(19-2)6-8(7)13/h5-6,10,18H,3-4H2,1-2H3. The zero-order chi connectivity index (χ0) is 14.6. The van der Waals surface area contributed by atoms with Crippen molar-refractivity contribution in [2.45, 2.75) is 25.1 Å². The number of alkyl halides is 3. The molecular weight excluding hydrogens is 302 g/mol. The molecule has 19 heavy (non-hydrogen) atoms. The normalized spacial score (nSPS) is 13.4. The Labute approximate surface area is 119 Å². The minimum Gasteiger partial charge on any atom is -0.495 e. The van der Waals surface area contributed by atoms with E-state index in [1.165, 1.54) is 19.2 Å². The largest absolute Gasteiger partial charge is 0.495 e. The van der Waals surface area contributed by atoms with Gasteiger partial charge in [-0.05, 0) is 25.1 Å². The van der Waals surface area contributed by atoms with Gasteiger partial charge in [-0.2, -0.15) is 13.2 Å². The Balaban J connectivity index is 2.95. The molecule has 0 heterocycles. The van der Waals surface area contributed by atoms with Crippen molar-refractivity contribution in [2.24, 2.45) is 0 Å². The first-order valence-electron chi connectivity index (χ1n) is 5.55. The molecule has 0 aliphatic heterocycles. The van der Waals surface area contributed by atoms with Crippen LogP contribution in [0.5, 0.6) is 5.75 Å². The maximum atomic E-state index is 12.3. The number of hydrogen-bond acceptors (Lipinski definition) is 2. The Hall–Kier alpha value is -0.650. The lowest BCUT2D eigenvalue weighted by Gasteiger charge is -2.20. The zero-order valence-corrected chi connectivity index (χ0v) is 12.0. The van der Waals surface area contributed by atoms with Crippen molar-refractivity contribution in [1.82, 2.24) is 5.32 Å². The quantitative estimate of drug-likeness (QED) is 0.857. The lowest BCUT2D eigenvalue weighted by atomic mass is 10.0. The molecule has 0 saturated carbocycles. The zero-order valence-electron chi connectivity index (χ0n) is 10.4. The van der Waals surface area contributed by atoms with Crippen LogP contribution in [0.2, 0.25) is 10.0 Å². The summed E-state index contributed by atoms with van der Waals surface area (Å²) in [5.41, 5.74) is 0.527. The van der Waals surface area contributed by atoms with Crippen LogP contribution in [0.25, 0.3) is 0 Å². The second kappa shape index (κ2) is 6.68. The fourth-order valence-corrected chi connectivity index (χ4v) is 2.27. The third kappa shape index (κ3) is 4.75. The highest BCUT2D eigenvalue weighted by Crippen LogP contribution is 2.36. The van der Waals surface area contributed by atoms with Gasteiger partial charge in [0.05, 0.1) is 12.1 Å². The summed E-state index contributed by atoms with van der Waals surface area (Å²) in [4.78, 5) is 0. The van der Waals surface area contributed by atoms with Gasteiger partial charge in [0.25, 0.3) is 0 Å². The van der Waals surface area contributed by atoms with E-state index in [1.54, 1.807) is 7.05 Å². The van der Waals surface area contributed by atoms with E-state index in [0.29, 0.717) is 21.4 Å². The first-order chi connectivity index (χ1) is 8.78. The maximum absolute atomic E-state index is 12.3. The Bertz CT molecular complexity index is 438. The van der Waals surface area contributed by atoms with Crippen LogP contribution in [0.15, 0.2) is 12.1 Å². The van der Waals surface area contributed by atoms with E-state index in [9.17, 15) is 13.2 Å². The number of hydrogen-bond donors (Lipinski definition) is 1. The number of benzene rings is 1. The van der Waals surface area contributed by atoms with Crippen LogP contribution in [0.4, 0.5) is 13.2 Å². The summed E-state index contributed by atoms with van der Waals surface area (Å²) in [5.74, 6) is 0.390. The number of ether oxygens (including phenoxy) is 1. The van der Waals surface area contributed by atoms with Gasteiger partial charge in [-0.3, -0.25) is 0 Å². The van der Waals surface area contributed by atoms with Crippen LogP contribution in [0.1, 0.15) is 24.4 Å². The number of methoxy groups -OCH3 is 1. The van der Waals surface area contributed by atoms with Gasteiger partial charge in [0, 0.05) is 23.6 Å². The lowest BCUT2D eigenvalue weighted by molar-refractivity contribution is -0.136. The second-order valence-corrected chi connectivity index (χ2v) is 4.82. The molecule has 0 amide bonds. The van der Waals surface area contributed by atoms with E-state index in [1.807, 2.05) is 0 Å². The predicted molar refractivity (Wildman–Crippen MR) is 70.1 cm³/mol. The van der Waals surface area contributed by atoms with Crippen LogP contribution in [0, 0.1) is 0 Å². The fourth-order valence-electron chi connectivity index (χ4n) is 1.73. The minimum atomic E-state index is -4.20. The average molecular weight is 316 g/mol. The van der Waals surface area contributed by atoms with E-state index in [-0.39, 0.29) is 6.42 Å². The molecule has 108 valence electrons. The van der Waals surface area contributed by atoms with Crippen molar-refractivity contribution < 1.29 is 17.9 Å². The molecule has 0 aliphatic rings. The summed E-state index contributed by atoms with van der Waals surface area (Å²) in [6, 6.07) is 2.51. The van der Waals surface area contributed by atoms with Crippen LogP contribution in [-0.2, 0) is 0 Å². The van der Waals surface area contributed by atoms with Gasteiger partial charge in [0.1, 0.15) is 5.75 Å². The van der Waals surface area contributed by atoms with Gasteiger partial charge in [0.15, 0.2) is 0 Å². The Morgan fingerprint density at radius 3 is 2.37 bits per heavy atom. The molecule has 0 aliphatic carbocycles. The van der Waals surface area contributed by atoms with Crippen molar-refractivity contribution in [2.75, 3.05) is 14.2 Å². The molecule has 1 rings (SSSR count). The molecule has 1 atom stereocenters. The lowest BCUT2D eigenvalue weighted by Crippen LogP contribution is -2.20. The van der Waals surface area contributed by atoms with Gasteiger partial charge < -0.3 is 10.1 Å². The predicted octanol–water partition coefficient (Wildman–Crippen LogP) is 4.61. The van der Waals surface area contributed by atoms with Crippen molar-refractivity contribution in [3.63, 3.8) is 0 Å². The molecule has 1 aromatic rings. The van der Waals surface area contributed by atoms with Crippen molar-refractivity contribution >= 4 is 23.2 Å². The number of nitrogens with one attached hydrogen (secondary N) is 1. The van der Waals surface area contributed by atoms with Gasteiger partial charge in [-0.25, -0.2) is 0 Å². The minimum absolute atomic E-state index is 0.109. The number of rotatable bonds is 5. The van der Waals surface area contributed by atoms with Gasteiger partial charge in [-0.15, -0.1) is 0 Å². The van der Waals surface area contributed by atoms with Gasteiger partial charge in [0.2, 0.25) is 0 Å². The van der Waals surface area contributed by atoms with E-state index < -0.39 is 18.6 Å². The third-order valence-corrected chi connectivity index (χ3v) is 3.33. The van der Waals surface area contributed by atoms with Crippen molar-refractivity contribution in [1.29, 1.82) is 0 Å². The van der Waals surface area contributed by atoms with Crippen molar-refractivity contribution in [3.8, 4) is 5.75 Å². The first-order valence-corrected chi connectivity index (χ1v) is 6.31. The Morgan fingerprint density at radius 1 is 1.26 bits per heavy atom. The third-order valence-electron chi connectivity index (χ3n) is 2.71. The van der Waals surface area contributed by atoms with Crippen LogP contribution in [-0.4, -0.2) is 20.3 Å². The van der Waals surface area contributed by atoms with Crippen LogP contribution < -0.4 is 10.1 Å².